The predicted molar refractivity (Wildman–Crippen MR) is 73.6 cm³/mol. The highest BCUT2D eigenvalue weighted by molar-refractivity contribution is 7.09. The summed E-state index contributed by atoms with van der Waals surface area (Å²) in [6.07, 6.45) is 3.19. The van der Waals surface area contributed by atoms with Gasteiger partial charge in [0.2, 0.25) is 0 Å². The molecule has 0 unspecified atom stereocenters. The van der Waals surface area contributed by atoms with Crippen LogP contribution >= 0.6 is 11.3 Å². The molecule has 1 N–H and O–H groups in total. The Morgan fingerprint density at radius 2 is 2.06 bits per heavy atom. The van der Waals surface area contributed by atoms with Crippen molar-refractivity contribution in [2.75, 3.05) is 13.6 Å². The summed E-state index contributed by atoms with van der Waals surface area (Å²) in [5.41, 5.74) is 2.57. The van der Waals surface area contributed by atoms with E-state index in [0.717, 1.165) is 25.8 Å². The molecule has 2 nitrogen and oxygen atoms in total. The largest absolute Gasteiger partial charge is 0.320 e. The fourth-order valence-corrected chi connectivity index (χ4v) is 2.62. The van der Waals surface area contributed by atoms with Crippen molar-refractivity contribution in [3.63, 3.8) is 0 Å². The molecule has 1 heterocycles. The van der Waals surface area contributed by atoms with Gasteiger partial charge >= 0.3 is 0 Å². The summed E-state index contributed by atoms with van der Waals surface area (Å²) in [4.78, 5) is 4.67. The quantitative estimate of drug-likeness (QED) is 0.793. The smallest absolute Gasteiger partial charge is 0.0972 e. The molecule has 0 aliphatic carbocycles. The van der Waals surface area contributed by atoms with Gasteiger partial charge in [-0.05, 0) is 32.0 Å². The lowest BCUT2D eigenvalue weighted by molar-refractivity contribution is 0.716. The van der Waals surface area contributed by atoms with Crippen LogP contribution in [0.4, 0.5) is 0 Å². The van der Waals surface area contributed by atoms with E-state index < -0.39 is 0 Å². The van der Waals surface area contributed by atoms with Crippen molar-refractivity contribution in [3.05, 3.63) is 52.0 Å². The number of nitrogens with zero attached hydrogens (tertiary/aromatic N) is 1. The van der Waals surface area contributed by atoms with E-state index in [9.17, 15) is 0 Å². The Kier molecular flexibility index (Phi) is 4.71. The molecule has 2 aromatic rings. The first-order chi connectivity index (χ1) is 8.38. The number of nitrogens with one attached hydrogen (secondary N) is 1. The number of aryl methyl sites for hydroxylation is 1. The monoisotopic (exact) mass is 246 g/mol. The van der Waals surface area contributed by atoms with Gasteiger partial charge in [0.25, 0.3) is 0 Å². The number of hydrogen-bond acceptors (Lipinski definition) is 3. The van der Waals surface area contributed by atoms with Gasteiger partial charge in [-0.15, -0.1) is 11.3 Å². The zero-order chi connectivity index (χ0) is 11.9. The summed E-state index contributed by atoms with van der Waals surface area (Å²) in [5, 5.41) is 6.57. The van der Waals surface area contributed by atoms with Crippen molar-refractivity contribution in [1.29, 1.82) is 0 Å². The van der Waals surface area contributed by atoms with Crippen LogP contribution in [0.25, 0.3) is 0 Å². The predicted octanol–water partition coefficient (Wildman–Crippen LogP) is 2.89. The maximum absolute atomic E-state index is 4.67. The normalized spacial score (nSPS) is 10.6. The molecule has 1 aromatic carbocycles. The summed E-state index contributed by atoms with van der Waals surface area (Å²) < 4.78 is 0. The van der Waals surface area contributed by atoms with E-state index >= 15 is 0 Å². The molecule has 0 saturated heterocycles. The third-order valence-corrected chi connectivity index (χ3v) is 3.55. The van der Waals surface area contributed by atoms with Crippen LogP contribution in [0.2, 0.25) is 0 Å². The molecule has 2 rings (SSSR count). The van der Waals surface area contributed by atoms with Crippen LogP contribution < -0.4 is 5.32 Å². The van der Waals surface area contributed by atoms with Crippen molar-refractivity contribution in [2.45, 2.75) is 19.3 Å². The van der Waals surface area contributed by atoms with Gasteiger partial charge in [-0.3, -0.25) is 0 Å². The third-order valence-electron chi connectivity index (χ3n) is 2.66. The molecule has 0 aliphatic rings. The van der Waals surface area contributed by atoms with Gasteiger partial charge in [0.15, 0.2) is 0 Å². The topological polar surface area (TPSA) is 24.9 Å². The average Bonchev–Trinajstić information content (AvgIpc) is 2.79. The summed E-state index contributed by atoms with van der Waals surface area (Å²) in [5.74, 6) is 0. The van der Waals surface area contributed by atoms with Crippen molar-refractivity contribution >= 4 is 11.3 Å². The molecule has 0 atom stereocenters. The van der Waals surface area contributed by atoms with E-state index in [-0.39, 0.29) is 0 Å². The standard InChI is InChI=1S/C14H18N2S/c1-15-9-5-8-13-11-17-14(16-13)10-12-6-3-2-4-7-12/h2-4,6-7,11,15H,5,8-10H2,1H3. The minimum atomic E-state index is 0.956. The first-order valence-corrected chi connectivity index (χ1v) is 6.88. The molecule has 0 aliphatic heterocycles. The van der Waals surface area contributed by atoms with Crippen molar-refractivity contribution in [1.82, 2.24) is 10.3 Å². The minimum Gasteiger partial charge on any atom is -0.320 e. The highest BCUT2D eigenvalue weighted by Gasteiger charge is 2.02. The molecular formula is C14H18N2S. The molecule has 1 aromatic heterocycles. The van der Waals surface area contributed by atoms with E-state index in [1.807, 2.05) is 7.05 Å². The molecule has 0 saturated carbocycles. The number of thiazole rings is 1. The van der Waals surface area contributed by atoms with Gasteiger partial charge < -0.3 is 5.32 Å². The van der Waals surface area contributed by atoms with Crippen LogP contribution in [0.5, 0.6) is 0 Å². The van der Waals surface area contributed by atoms with Gasteiger partial charge in [-0.25, -0.2) is 4.98 Å². The number of aromatic nitrogens is 1. The molecule has 0 radical (unpaired) electrons. The molecule has 0 fully saturated rings. The minimum absolute atomic E-state index is 0.956. The second-order valence-corrected chi connectivity index (χ2v) is 5.04. The van der Waals surface area contributed by atoms with Crippen LogP contribution in [0, 0.1) is 0 Å². The molecule has 0 spiro atoms. The first kappa shape index (κ1) is 12.3. The molecule has 0 bridgehead atoms. The lowest BCUT2D eigenvalue weighted by atomic mass is 10.2. The Morgan fingerprint density at radius 1 is 1.24 bits per heavy atom. The Morgan fingerprint density at radius 3 is 2.82 bits per heavy atom. The molecule has 0 amide bonds. The fourth-order valence-electron chi connectivity index (χ4n) is 1.76. The second-order valence-electron chi connectivity index (χ2n) is 4.10. The Hall–Kier alpha value is -1.19. The Bertz CT molecular complexity index is 436. The fraction of sp³-hybridized carbons (Fsp3) is 0.357. The highest BCUT2D eigenvalue weighted by atomic mass is 32.1. The molecule has 3 heteroatoms. The van der Waals surface area contributed by atoms with Gasteiger partial charge in [0.1, 0.15) is 0 Å². The lowest BCUT2D eigenvalue weighted by Gasteiger charge is -1.97. The summed E-state index contributed by atoms with van der Waals surface area (Å²) >= 11 is 1.77. The van der Waals surface area contributed by atoms with E-state index in [2.05, 4.69) is 46.0 Å². The Labute approximate surface area is 107 Å². The highest BCUT2D eigenvalue weighted by Crippen LogP contribution is 2.15. The second kappa shape index (κ2) is 6.52. The average molecular weight is 246 g/mol. The van der Waals surface area contributed by atoms with Gasteiger partial charge in [0.05, 0.1) is 10.7 Å². The molecule has 90 valence electrons. The van der Waals surface area contributed by atoms with Crippen molar-refractivity contribution in [3.8, 4) is 0 Å². The lowest BCUT2D eigenvalue weighted by Crippen LogP contribution is -2.08. The Balaban J connectivity index is 1.90. The van der Waals surface area contributed by atoms with Crippen LogP contribution in [0.1, 0.15) is 22.7 Å². The summed E-state index contributed by atoms with van der Waals surface area (Å²) in [6.45, 7) is 1.06. The van der Waals surface area contributed by atoms with Crippen molar-refractivity contribution in [2.24, 2.45) is 0 Å². The van der Waals surface area contributed by atoms with Crippen LogP contribution in [0.15, 0.2) is 35.7 Å². The summed E-state index contributed by atoms with van der Waals surface area (Å²) in [6, 6.07) is 10.5. The maximum Gasteiger partial charge on any atom is 0.0972 e. The van der Waals surface area contributed by atoms with E-state index in [4.69, 9.17) is 0 Å². The molecular weight excluding hydrogens is 228 g/mol. The zero-order valence-corrected chi connectivity index (χ0v) is 11.0. The zero-order valence-electron chi connectivity index (χ0n) is 10.1. The number of benzene rings is 1. The van der Waals surface area contributed by atoms with Gasteiger partial charge in [-0.1, -0.05) is 30.3 Å². The molecule has 17 heavy (non-hydrogen) atoms. The number of hydrogen-bond donors (Lipinski definition) is 1. The first-order valence-electron chi connectivity index (χ1n) is 6.00. The van der Waals surface area contributed by atoms with E-state index in [0.29, 0.717) is 0 Å². The van der Waals surface area contributed by atoms with Gasteiger partial charge in [0, 0.05) is 11.8 Å². The maximum atomic E-state index is 4.67. The third kappa shape index (κ3) is 3.95. The number of rotatable bonds is 6. The van der Waals surface area contributed by atoms with E-state index in [1.165, 1.54) is 16.3 Å². The van der Waals surface area contributed by atoms with Crippen LogP contribution in [-0.4, -0.2) is 18.6 Å². The van der Waals surface area contributed by atoms with Crippen LogP contribution in [0.3, 0.4) is 0 Å². The summed E-state index contributed by atoms with van der Waals surface area (Å²) in [7, 11) is 1.99. The van der Waals surface area contributed by atoms with Crippen molar-refractivity contribution < 1.29 is 0 Å². The van der Waals surface area contributed by atoms with E-state index in [1.54, 1.807) is 11.3 Å². The van der Waals surface area contributed by atoms with Crippen LogP contribution in [-0.2, 0) is 12.8 Å². The SMILES string of the molecule is CNCCCc1csc(Cc2ccccc2)n1. The van der Waals surface area contributed by atoms with Gasteiger partial charge in [-0.2, -0.15) is 0 Å².